The maximum Gasteiger partial charge on any atom is 0.264 e. The van der Waals surface area contributed by atoms with Gasteiger partial charge in [0.25, 0.3) is 5.91 Å². The Balaban J connectivity index is 1.48. The molecular formula is C29H33N3O5. The van der Waals surface area contributed by atoms with Gasteiger partial charge in [-0.1, -0.05) is 31.2 Å². The Bertz CT molecular complexity index is 1240. The van der Waals surface area contributed by atoms with Crippen molar-refractivity contribution < 1.29 is 24.6 Å². The summed E-state index contributed by atoms with van der Waals surface area (Å²) in [4.78, 5) is 43.4. The molecule has 0 radical (unpaired) electrons. The topological polar surface area (TPSA) is 101 Å². The Morgan fingerprint density at radius 3 is 2.16 bits per heavy atom. The van der Waals surface area contributed by atoms with Crippen LogP contribution < -0.4 is 14.7 Å². The van der Waals surface area contributed by atoms with Crippen LogP contribution in [0.4, 0.5) is 17.1 Å². The molecular weight excluding hydrogens is 470 g/mol. The lowest BCUT2D eigenvalue weighted by atomic mass is 9.82. The molecule has 8 heteroatoms. The van der Waals surface area contributed by atoms with E-state index < -0.39 is 17.4 Å². The van der Waals surface area contributed by atoms with E-state index >= 15 is 0 Å². The summed E-state index contributed by atoms with van der Waals surface area (Å²) in [5, 5.41) is 21.1. The molecule has 194 valence electrons. The van der Waals surface area contributed by atoms with Crippen molar-refractivity contribution in [3.8, 4) is 0 Å². The van der Waals surface area contributed by atoms with Gasteiger partial charge in [0.05, 0.1) is 12.2 Å². The van der Waals surface area contributed by atoms with E-state index in [0.717, 1.165) is 24.1 Å². The van der Waals surface area contributed by atoms with Gasteiger partial charge < -0.3 is 24.9 Å². The molecule has 2 fully saturated rings. The van der Waals surface area contributed by atoms with Gasteiger partial charge in [-0.25, -0.2) is 0 Å². The van der Waals surface area contributed by atoms with Crippen LogP contribution in [0.3, 0.4) is 0 Å². The van der Waals surface area contributed by atoms with Gasteiger partial charge in [0.15, 0.2) is 5.60 Å². The highest BCUT2D eigenvalue weighted by molar-refractivity contribution is 6.08. The van der Waals surface area contributed by atoms with Crippen LogP contribution >= 0.6 is 0 Å². The number of carbonyl (C=O) groups is 3. The van der Waals surface area contributed by atoms with E-state index in [-0.39, 0.29) is 25.0 Å². The first-order chi connectivity index (χ1) is 17.8. The van der Waals surface area contributed by atoms with Crippen molar-refractivity contribution in [2.75, 3.05) is 34.4 Å². The predicted octanol–water partition coefficient (Wildman–Crippen LogP) is 3.25. The summed E-state index contributed by atoms with van der Waals surface area (Å²) in [6, 6.07) is 13.0. The zero-order valence-corrected chi connectivity index (χ0v) is 21.1. The predicted molar refractivity (Wildman–Crippen MR) is 141 cm³/mol. The number of rotatable bonds is 8. The number of amides is 3. The van der Waals surface area contributed by atoms with Crippen LogP contribution in [0.15, 0.2) is 54.6 Å². The van der Waals surface area contributed by atoms with Crippen molar-refractivity contribution in [3.63, 3.8) is 0 Å². The number of hydrogen-bond acceptors (Lipinski definition) is 5. The Morgan fingerprint density at radius 2 is 1.57 bits per heavy atom. The molecule has 0 aromatic heterocycles. The number of nitrogens with zero attached hydrogens (tertiary/aromatic N) is 3. The minimum absolute atomic E-state index is 0.0153. The summed E-state index contributed by atoms with van der Waals surface area (Å²) >= 11 is 0. The van der Waals surface area contributed by atoms with Crippen LogP contribution in [0.5, 0.6) is 0 Å². The van der Waals surface area contributed by atoms with Gasteiger partial charge in [-0.2, -0.15) is 0 Å². The highest BCUT2D eigenvalue weighted by atomic mass is 16.3. The first kappa shape index (κ1) is 25.2. The zero-order chi connectivity index (χ0) is 26.2. The molecule has 2 N–H and O–H groups in total. The lowest BCUT2D eigenvalue weighted by Gasteiger charge is -2.28. The normalized spacial score (nSPS) is 22.6. The van der Waals surface area contributed by atoms with Crippen LogP contribution in [-0.4, -0.2) is 47.6 Å². The third kappa shape index (κ3) is 4.45. The quantitative estimate of drug-likeness (QED) is 0.539. The average molecular weight is 504 g/mol. The lowest BCUT2D eigenvalue weighted by molar-refractivity contribution is -0.139. The summed E-state index contributed by atoms with van der Waals surface area (Å²) in [7, 11) is 0. The van der Waals surface area contributed by atoms with E-state index in [0.29, 0.717) is 49.3 Å². The van der Waals surface area contributed by atoms with E-state index in [2.05, 4.69) is 0 Å². The zero-order valence-electron chi connectivity index (χ0n) is 21.1. The first-order valence-electron chi connectivity index (χ1n) is 13.0. The number of benzene rings is 2. The van der Waals surface area contributed by atoms with Gasteiger partial charge in [0.2, 0.25) is 11.8 Å². The third-order valence-electron chi connectivity index (χ3n) is 7.68. The van der Waals surface area contributed by atoms with Crippen molar-refractivity contribution in [1.29, 1.82) is 0 Å². The Morgan fingerprint density at radius 1 is 0.946 bits per heavy atom. The second-order valence-corrected chi connectivity index (χ2v) is 10.1. The van der Waals surface area contributed by atoms with E-state index in [1.165, 1.54) is 0 Å². The molecule has 2 aromatic rings. The van der Waals surface area contributed by atoms with Crippen LogP contribution in [0, 0.1) is 5.92 Å². The molecule has 0 aliphatic carbocycles. The van der Waals surface area contributed by atoms with E-state index in [1.807, 2.05) is 36.4 Å². The second-order valence-electron chi connectivity index (χ2n) is 10.1. The molecule has 2 saturated heterocycles. The van der Waals surface area contributed by atoms with Crippen LogP contribution in [0.1, 0.15) is 50.2 Å². The van der Waals surface area contributed by atoms with Crippen molar-refractivity contribution in [1.82, 2.24) is 0 Å². The summed E-state index contributed by atoms with van der Waals surface area (Å²) in [5.41, 5.74) is 1.70. The molecule has 3 heterocycles. The first-order valence-corrected chi connectivity index (χ1v) is 13.0. The fraction of sp³-hybridized carbons (Fsp3) is 0.414. The molecule has 3 aliphatic heterocycles. The molecule has 5 rings (SSSR count). The number of aliphatic hydroxyl groups excluding tert-OH is 1. The minimum Gasteiger partial charge on any atom is -0.396 e. The molecule has 2 aromatic carbocycles. The summed E-state index contributed by atoms with van der Waals surface area (Å²) < 4.78 is 0. The number of anilines is 3. The molecule has 8 nitrogen and oxygen atoms in total. The maximum absolute atomic E-state index is 13.8. The molecule has 37 heavy (non-hydrogen) atoms. The van der Waals surface area contributed by atoms with Crippen LogP contribution in [0.25, 0.3) is 0 Å². The largest absolute Gasteiger partial charge is 0.396 e. The molecule has 3 aliphatic rings. The molecule has 0 bridgehead atoms. The maximum atomic E-state index is 13.8. The highest BCUT2D eigenvalue weighted by Crippen LogP contribution is 2.47. The van der Waals surface area contributed by atoms with Crippen molar-refractivity contribution in [2.45, 2.75) is 51.2 Å². The van der Waals surface area contributed by atoms with Gasteiger partial charge in [0.1, 0.15) is 0 Å². The SMILES string of the molecule is C[C@@H](/C=C/CCO)[C@]1(O)C(=O)N(Cc2ccc(N3CCCC3=O)cc2)c2ccc(N3CCCC3=O)cc21. The minimum atomic E-state index is -1.80. The smallest absolute Gasteiger partial charge is 0.264 e. The number of aliphatic hydroxyl groups is 2. The fourth-order valence-corrected chi connectivity index (χ4v) is 5.58. The van der Waals surface area contributed by atoms with E-state index in [4.69, 9.17) is 5.11 Å². The Kier molecular flexibility index (Phi) is 6.88. The highest BCUT2D eigenvalue weighted by Gasteiger charge is 2.52. The lowest BCUT2D eigenvalue weighted by Crippen LogP contribution is -2.44. The number of hydrogen-bond donors (Lipinski definition) is 2. The van der Waals surface area contributed by atoms with Crippen molar-refractivity contribution in [2.24, 2.45) is 5.92 Å². The average Bonchev–Trinajstić information content (AvgIpc) is 3.58. The number of carbonyl (C=O) groups excluding carboxylic acids is 3. The van der Waals surface area contributed by atoms with Gasteiger partial charge in [0, 0.05) is 55.4 Å². The Hall–Kier alpha value is -3.49. The molecule has 0 spiro atoms. The van der Waals surface area contributed by atoms with Crippen LogP contribution in [-0.2, 0) is 26.5 Å². The van der Waals surface area contributed by atoms with Gasteiger partial charge in [-0.05, 0) is 55.2 Å². The monoisotopic (exact) mass is 503 g/mol. The third-order valence-corrected chi connectivity index (χ3v) is 7.68. The van der Waals surface area contributed by atoms with Crippen molar-refractivity contribution >= 4 is 34.8 Å². The van der Waals surface area contributed by atoms with E-state index in [9.17, 15) is 19.5 Å². The van der Waals surface area contributed by atoms with Gasteiger partial charge in [-0.3, -0.25) is 14.4 Å². The summed E-state index contributed by atoms with van der Waals surface area (Å²) in [6.07, 6.45) is 6.65. The fourth-order valence-electron chi connectivity index (χ4n) is 5.58. The van der Waals surface area contributed by atoms with E-state index in [1.54, 1.807) is 39.8 Å². The summed E-state index contributed by atoms with van der Waals surface area (Å²) in [5.74, 6) is -0.815. The second kappa shape index (κ2) is 10.1. The molecule has 0 unspecified atom stereocenters. The van der Waals surface area contributed by atoms with Gasteiger partial charge in [-0.15, -0.1) is 0 Å². The number of fused-ring (bicyclic) bond motifs is 1. The summed E-state index contributed by atoms with van der Waals surface area (Å²) in [6.45, 7) is 3.36. The van der Waals surface area contributed by atoms with Crippen LogP contribution in [0.2, 0.25) is 0 Å². The molecule has 0 saturated carbocycles. The van der Waals surface area contributed by atoms with Crippen molar-refractivity contribution in [3.05, 3.63) is 65.7 Å². The molecule has 2 atom stereocenters. The Labute approximate surface area is 216 Å². The van der Waals surface area contributed by atoms with Gasteiger partial charge >= 0.3 is 0 Å². The standard InChI is InChI=1S/C29H33N3O5/c1-20(6-2-3-17-33)29(37)24-18-23(31-16-5-8-27(31)35)13-14-25(24)32(28(29)36)19-21-9-11-22(12-10-21)30-15-4-7-26(30)34/h2,6,9-14,18,20,33,37H,3-5,7-8,15-17,19H2,1H3/b6-2+/t20-,29+/m0/s1. The molecule has 3 amide bonds.